The molecule has 0 saturated heterocycles. The van der Waals surface area contributed by atoms with E-state index < -0.39 is 5.41 Å². The van der Waals surface area contributed by atoms with Gasteiger partial charge in [0.1, 0.15) is 0 Å². The van der Waals surface area contributed by atoms with Crippen LogP contribution in [0.4, 0.5) is 22.7 Å². The Morgan fingerprint density at radius 1 is 0.377 bits per heavy atom. The summed E-state index contributed by atoms with van der Waals surface area (Å²) in [5.41, 5.74) is 20.9. The van der Waals surface area contributed by atoms with Crippen molar-refractivity contribution in [1.82, 2.24) is 0 Å². The number of nitrogens with zero attached hydrogens (tertiary/aromatic N) is 2. The Morgan fingerprint density at radius 3 is 1.32 bits per heavy atom. The summed E-state index contributed by atoms with van der Waals surface area (Å²) in [7, 11) is 0. The predicted octanol–water partition coefficient (Wildman–Crippen LogP) is 20.1. The molecule has 5 aliphatic rings. The molecule has 2 fully saturated rings. The van der Waals surface area contributed by atoms with Gasteiger partial charge >= 0.3 is 0 Å². The van der Waals surface area contributed by atoms with Gasteiger partial charge < -0.3 is 9.80 Å². The smallest absolute Gasteiger partial charge is 0.0720 e. The second-order valence-corrected chi connectivity index (χ2v) is 25.1. The molecular formula is C75H68N2. The zero-order chi connectivity index (χ0) is 52.1. The third-order valence-corrected chi connectivity index (χ3v) is 21.1. The first-order valence-electron chi connectivity index (χ1n) is 28.7. The highest BCUT2D eigenvalue weighted by Gasteiger charge is 2.60. The molecule has 2 heteroatoms. The average Bonchev–Trinajstić information content (AvgIpc) is 4.17. The van der Waals surface area contributed by atoms with E-state index in [9.17, 15) is 0 Å². The number of fused-ring (bicyclic) bond motifs is 14. The summed E-state index contributed by atoms with van der Waals surface area (Å²) >= 11 is 0. The van der Waals surface area contributed by atoms with Crippen molar-refractivity contribution in [3.8, 4) is 33.4 Å². The van der Waals surface area contributed by atoms with Gasteiger partial charge in [0, 0.05) is 34.6 Å². The molecule has 0 aromatic heterocycles. The molecular weight excluding hydrogens is 929 g/mol. The lowest BCUT2D eigenvalue weighted by molar-refractivity contribution is 0.101. The van der Waals surface area contributed by atoms with Crippen molar-refractivity contribution in [2.45, 2.75) is 108 Å². The molecule has 0 bridgehead atoms. The SMILES string of the molecule is CC1(C)CCCC2c3cc(-c4ccc5c(c4)C(c4ccccc4)(c4ccccc4)c4c-5c5ccccc5c5cc(-c6ccc7c(c6)C6CCCC(C)(C)C6(C)N7c6ccccc6)ccc45)ccc3N(c3ccccc3)C21C. The quantitative estimate of drug-likeness (QED) is 0.153. The van der Waals surface area contributed by atoms with Gasteiger partial charge in [0.05, 0.1) is 16.5 Å². The number of para-hydroxylation sites is 2. The minimum absolute atomic E-state index is 0.0428. The van der Waals surface area contributed by atoms with Gasteiger partial charge in [0.2, 0.25) is 0 Å². The van der Waals surface area contributed by atoms with Crippen LogP contribution >= 0.6 is 0 Å². The van der Waals surface area contributed by atoms with Crippen LogP contribution in [0.15, 0.2) is 218 Å². The van der Waals surface area contributed by atoms with Crippen LogP contribution in [0.3, 0.4) is 0 Å². The standard InChI is InChI=1S/C75H68N2/c1-71(2)43-21-33-64-62-46-50(37-41-67(62)76(73(64,71)5)55-27-15-9-16-28-55)49-35-39-59-61(45-49)57-31-19-20-32-58(57)69-60-40-36-52(48-66(60)75(70(59)69,53-23-11-7-12-24-53)54-25-13-8-14-26-54)51-38-42-68-63(47-51)65-34-22-44-72(3,4)74(65,6)77(68)56-29-17-10-18-30-56/h7-20,23-32,35-42,45-48,64-65H,21-22,33-34,43-44H2,1-6H3. The third-order valence-electron chi connectivity index (χ3n) is 21.1. The topological polar surface area (TPSA) is 6.48 Å². The van der Waals surface area contributed by atoms with Crippen LogP contribution in [-0.2, 0) is 5.41 Å². The van der Waals surface area contributed by atoms with Crippen LogP contribution in [-0.4, -0.2) is 11.1 Å². The van der Waals surface area contributed by atoms with Crippen LogP contribution in [0.5, 0.6) is 0 Å². The van der Waals surface area contributed by atoms with E-state index >= 15 is 0 Å². The molecule has 0 amide bonds. The van der Waals surface area contributed by atoms with Crippen LogP contribution < -0.4 is 9.80 Å². The summed E-state index contributed by atoms with van der Waals surface area (Å²) in [6, 6.07) is 84.3. The Kier molecular flexibility index (Phi) is 10.1. The fourth-order valence-electron chi connectivity index (χ4n) is 16.8. The predicted molar refractivity (Wildman–Crippen MR) is 324 cm³/mol. The molecule has 2 nitrogen and oxygen atoms in total. The van der Waals surface area contributed by atoms with E-state index in [0.717, 1.165) is 0 Å². The van der Waals surface area contributed by atoms with Gasteiger partial charge in [-0.15, -0.1) is 0 Å². The molecule has 15 rings (SSSR count). The second kappa shape index (κ2) is 16.7. The molecule has 2 saturated carbocycles. The normalized spacial score (nSPS) is 23.0. The van der Waals surface area contributed by atoms with E-state index in [1.165, 1.54) is 150 Å². The van der Waals surface area contributed by atoms with Gasteiger partial charge in [-0.1, -0.05) is 198 Å². The third kappa shape index (κ3) is 6.25. The summed E-state index contributed by atoms with van der Waals surface area (Å²) in [6.45, 7) is 15.2. The van der Waals surface area contributed by atoms with E-state index in [2.05, 4.69) is 270 Å². The van der Waals surface area contributed by atoms with Crippen LogP contribution in [0.25, 0.3) is 54.9 Å². The lowest BCUT2D eigenvalue weighted by Gasteiger charge is -2.55. The van der Waals surface area contributed by atoms with E-state index in [4.69, 9.17) is 0 Å². The Hall–Kier alpha value is -7.68. The summed E-state index contributed by atoms with van der Waals surface area (Å²) in [4.78, 5) is 5.42. The molecule has 2 heterocycles. The van der Waals surface area contributed by atoms with E-state index in [1.807, 2.05) is 0 Å². The summed E-state index contributed by atoms with van der Waals surface area (Å²) in [5, 5.41) is 5.22. The highest BCUT2D eigenvalue weighted by Crippen LogP contribution is 2.66. The highest BCUT2D eigenvalue weighted by atomic mass is 15.3. The van der Waals surface area contributed by atoms with Crippen LogP contribution in [0.1, 0.15) is 125 Å². The average molecular weight is 997 g/mol. The van der Waals surface area contributed by atoms with Gasteiger partial charge in [-0.25, -0.2) is 0 Å². The maximum Gasteiger partial charge on any atom is 0.0720 e. The Morgan fingerprint density at radius 2 is 0.805 bits per heavy atom. The van der Waals surface area contributed by atoms with Gasteiger partial charge in [0.25, 0.3) is 0 Å². The number of anilines is 4. The first kappa shape index (κ1) is 46.6. The van der Waals surface area contributed by atoms with Crippen molar-refractivity contribution < 1.29 is 0 Å². The molecule has 0 N–H and O–H groups in total. The lowest BCUT2D eigenvalue weighted by Crippen LogP contribution is -2.56. The summed E-state index contributed by atoms with van der Waals surface area (Å²) in [5.74, 6) is 0.864. The number of rotatable bonds is 6. The summed E-state index contributed by atoms with van der Waals surface area (Å²) in [6.07, 6.45) is 7.35. The van der Waals surface area contributed by atoms with Gasteiger partial charge in [-0.3, -0.25) is 0 Å². The molecule has 10 aromatic rings. The number of benzene rings is 10. The summed E-state index contributed by atoms with van der Waals surface area (Å²) < 4.78 is 0. The minimum atomic E-state index is -0.605. The molecule has 4 atom stereocenters. The lowest BCUT2D eigenvalue weighted by atomic mass is 9.58. The molecule has 0 spiro atoms. The largest absolute Gasteiger partial charge is 0.334 e. The monoisotopic (exact) mass is 997 g/mol. The fraction of sp³-hybridized carbons (Fsp3) is 0.253. The Bertz CT molecular complexity index is 3950. The minimum Gasteiger partial charge on any atom is -0.334 e. The van der Waals surface area contributed by atoms with Crippen LogP contribution in [0.2, 0.25) is 0 Å². The number of hydrogen-bond acceptors (Lipinski definition) is 2. The van der Waals surface area contributed by atoms with Gasteiger partial charge in [0.15, 0.2) is 0 Å². The molecule has 2 aliphatic heterocycles. The molecule has 0 radical (unpaired) electrons. The Balaban J connectivity index is 0.937. The van der Waals surface area contributed by atoms with E-state index in [0.29, 0.717) is 11.8 Å². The maximum absolute atomic E-state index is 2.71. The molecule has 378 valence electrons. The fourth-order valence-corrected chi connectivity index (χ4v) is 16.8. The zero-order valence-electron chi connectivity index (χ0n) is 45.6. The first-order chi connectivity index (χ1) is 37.4. The highest BCUT2D eigenvalue weighted by molar-refractivity contribution is 6.20. The zero-order valence-corrected chi connectivity index (χ0v) is 45.6. The van der Waals surface area contributed by atoms with E-state index in [1.54, 1.807) is 0 Å². The second-order valence-electron chi connectivity index (χ2n) is 25.1. The maximum atomic E-state index is 2.71. The van der Waals surface area contributed by atoms with Crippen molar-refractivity contribution >= 4 is 44.3 Å². The number of hydrogen-bond donors (Lipinski definition) is 0. The molecule has 77 heavy (non-hydrogen) atoms. The van der Waals surface area contributed by atoms with Crippen molar-refractivity contribution in [2.24, 2.45) is 10.8 Å². The van der Waals surface area contributed by atoms with Gasteiger partial charge in [-0.05, 0) is 199 Å². The van der Waals surface area contributed by atoms with Gasteiger partial charge in [-0.2, -0.15) is 0 Å². The van der Waals surface area contributed by atoms with Crippen molar-refractivity contribution in [3.05, 3.63) is 252 Å². The molecule has 3 aliphatic carbocycles. The first-order valence-corrected chi connectivity index (χ1v) is 28.7. The van der Waals surface area contributed by atoms with Crippen molar-refractivity contribution in [3.63, 3.8) is 0 Å². The van der Waals surface area contributed by atoms with Crippen molar-refractivity contribution in [2.75, 3.05) is 9.80 Å². The van der Waals surface area contributed by atoms with Crippen LogP contribution in [0, 0.1) is 10.8 Å². The Labute approximate surface area is 456 Å². The van der Waals surface area contributed by atoms with Crippen molar-refractivity contribution in [1.29, 1.82) is 0 Å². The molecule has 4 unspecified atom stereocenters. The van der Waals surface area contributed by atoms with E-state index in [-0.39, 0.29) is 21.9 Å². The molecule has 10 aromatic carbocycles.